The summed E-state index contributed by atoms with van der Waals surface area (Å²) in [6, 6.07) is 18.2. The van der Waals surface area contributed by atoms with Gasteiger partial charge >= 0.3 is 0 Å². The zero-order valence-corrected chi connectivity index (χ0v) is 18.0. The number of anilines is 1. The summed E-state index contributed by atoms with van der Waals surface area (Å²) < 4.78 is 2.10. The van der Waals surface area contributed by atoms with Crippen LogP contribution in [-0.2, 0) is 11.3 Å². The van der Waals surface area contributed by atoms with Crippen LogP contribution in [0.1, 0.15) is 0 Å². The first-order valence-electron chi connectivity index (χ1n) is 9.11. The van der Waals surface area contributed by atoms with Crippen molar-refractivity contribution in [1.82, 2.24) is 19.7 Å². The number of fused-ring (bicyclic) bond motifs is 1. The van der Waals surface area contributed by atoms with Gasteiger partial charge in [0.1, 0.15) is 6.54 Å². The van der Waals surface area contributed by atoms with Crippen molar-refractivity contribution in [1.29, 1.82) is 0 Å². The van der Waals surface area contributed by atoms with Crippen molar-refractivity contribution in [3.8, 4) is 22.0 Å². The first-order chi connectivity index (χ1) is 14.7. The molecule has 30 heavy (non-hydrogen) atoms. The van der Waals surface area contributed by atoms with Gasteiger partial charge in [0.25, 0.3) is 0 Å². The van der Waals surface area contributed by atoms with Crippen LogP contribution in [0.15, 0.2) is 65.4 Å². The lowest BCUT2D eigenvalue weighted by Crippen LogP contribution is -2.19. The Kier molecular flexibility index (Phi) is 4.99. The zero-order valence-electron chi connectivity index (χ0n) is 15.5. The van der Waals surface area contributed by atoms with Crippen molar-refractivity contribution < 1.29 is 4.79 Å². The fraction of sp³-hybridized carbons (Fsp3) is 0.0476. The molecule has 0 radical (unpaired) electrons. The molecule has 0 saturated carbocycles. The Morgan fingerprint density at radius 3 is 2.83 bits per heavy atom. The molecule has 3 aromatic heterocycles. The van der Waals surface area contributed by atoms with Gasteiger partial charge in [-0.05, 0) is 34.4 Å². The smallest absolute Gasteiger partial charge is 0.246 e. The number of H-pyrrole nitrogens is 1. The molecule has 0 aliphatic rings. The molecule has 0 saturated heterocycles. The lowest BCUT2D eigenvalue weighted by molar-refractivity contribution is -0.116. The number of nitrogens with one attached hydrogen (secondary N) is 2. The number of carbonyl (C=O) groups is 1. The molecule has 9 heteroatoms. The first kappa shape index (κ1) is 18.9. The Labute approximate surface area is 184 Å². The van der Waals surface area contributed by atoms with Crippen LogP contribution in [-0.4, -0.2) is 25.7 Å². The van der Waals surface area contributed by atoms with Crippen molar-refractivity contribution in [3.05, 3.63) is 70.1 Å². The van der Waals surface area contributed by atoms with Gasteiger partial charge in [0, 0.05) is 10.9 Å². The minimum Gasteiger partial charge on any atom is -0.300 e. The maximum absolute atomic E-state index is 12.7. The van der Waals surface area contributed by atoms with Crippen LogP contribution in [0.3, 0.4) is 0 Å². The highest BCUT2D eigenvalue weighted by molar-refractivity contribution is 7.71. The summed E-state index contributed by atoms with van der Waals surface area (Å²) in [6.07, 6.45) is 0. The van der Waals surface area contributed by atoms with Gasteiger partial charge in [0.05, 0.1) is 10.6 Å². The van der Waals surface area contributed by atoms with Crippen molar-refractivity contribution in [3.63, 3.8) is 0 Å². The molecule has 0 unspecified atom stereocenters. The normalized spacial score (nSPS) is 11.1. The number of rotatable bonds is 5. The summed E-state index contributed by atoms with van der Waals surface area (Å²) in [4.78, 5) is 18.2. The van der Waals surface area contributed by atoms with Crippen LogP contribution >= 0.6 is 34.9 Å². The van der Waals surface area contributed by atoms with Gasteiger partial charge in [-0.15, -0.1) is 22.7 Å². The monoisotopic (exact) mass is 449 g/mol. The summed E-state index contributed by atoms with van der Waals surface area (Å²) in [7, 11) is 0. The van der Waals surface area contributed by atoms with Crippen LogP contribution < -0.4 is 5.32 Å². The number of amides is 1. The van der Waals surface area contributed by atoms with Gasteiger partial charge in [-0.1, -0.05) is 48.5 Å². The van der Waals surface area contributed by atoms with E-state index in [1.807, 2.05) is 47.2 Å². The molecule has 2 N–H and O–H groups in total. The number of carbonyl (C=O) groups excluding carboxylic acids is 1. The number of thiazole rings is 1. The number of aromatic amines is 1. The van der Waals surface area contributed by atoms with Crippen molar-refractivity contribution in [2.45, 2.75) is 6.54 Å². The fourth-order valence-electron chi connectivity index (χ4n) is 3.26. The number of benzene rings is 2. The molecule has 2 aromatic carbocycles. The van der Waals surface area contributed by atoms with Crippen LogP contribution in [0, 0.1) is 4.77 Å². The molecule has 0 bridgehead atoms. The molecule has 6 nitrogen and oxygen atoms in total. The lowest BCUT2D eigenvalue weighted by Gasteiger charge is -2.06. The van der Waals surface area contributed by atoms with Crippen molar-refractivity contribution in [2.75, 3.05) is 5.32 Å². The SMILES string of the molecule is O=C(Cn1c(-c2cccs2)n[nH]c1=S)Nc1nc(-c2cccc3ccccc23)cs1. The highest BCUT2D eigenvalue weighted by atomic mass is 32.1. The number of hydrogen-bond donors (Lipinski definition) is 2. The van der Waals surface area contributed by atoms with Gasteiger partial charge in [0.2, 0.25) is 5.91 Å². The van der Waals surface area contributed by atoms with Gasteiger partial charge in [-0.25, -0.2) is 4.98 Å². The number of aromatic nitrogens is 4. The van der Waals surface area contributed by atoms with E-state index in [1.54, 1.807) is 15.9 Å². The van der Waals surface area contributed by atoms with Crippen molar-refractivity contribution in [2.24, 2.45) is 0 Å². The molecule has 0 spiro atoms. The summed E-state index contributed by atoms with van der Waals surface area (Å²) >= 11 is 8.24. The van der Waals surface area contributed by atoms with Crippen molar-refractivity contribution >= 4 is 56.7 Å². The summed E-state index contributed by atoms with van der Waals surface area (Å²) in [5, 5.41) is 16.7. The summed E-state index contributed by atoms with van der Waals surface area (Å²) in [5.74, 6) is 0.449. The Morgan fingerprint density at radius 2 is 1.97 bits per heavy atom. The molecule has 0 fully saturated rings. The molecule has 0 aliphatic heterocycles. The quantitative estimate of drug-likeness (QED) is 0.343. The average molecular weight is 450 g/mol. The van der Waals surface area contributed by atoms with E-state index in [0.717, 1.165) is 26.9 Å². The highest BCUT2D eigenvalue weighted by Gasteiger charge is 2.15. The highest BCUT2D eigenvalue weighted by Crippen LogP contribution is 2.31. The summed E-state index contributed by atoms with van der Waals surface area (Å²) in [5.41, 5.74) is 1.88. The maximum atomic E-state index is 12.7. The van der Waals surface area contributed by atoms with E-state index >= 15 is 0 Å². The number of nitrogens with zero attached hydrogens (tertiary/aromatic N) is 3. The molecule has 0 aliphatic carbocycles. The molecule has 5 rings (SSSR count). The third kappa shape index (κ3) is 3.58. The van der Waals surface area contributed by atoms with E-state index in [-0.39, 0.29) is 12.5 Å². The van der Waals surface area contributed by atoms with E-state index in [2.05, 4.69) is 38.7 Å². The predicted molar refractivity (Wildman–Crippen MR) is 124 cm³/mol. The Balaban J connectivity index is 1.37. The fourth-order valence-corrected chi connectivity index (χ4v) is 4.91. The number of hydrogen-bond acceptors (Lipinski definition) is 6. The van der Waals surface area contributed by atoms with Crippen LogP contribution in [0.2, 0.25) is 0 Å². The van der Waals surface area contributed by atoms with Gasteiger partial charge in [-0.2, -0.15) is 5.10 Å². The molecule has 148 valence electrons. The first-order valence-corrected chi connectivity index (χ1v) is 11.3. The topological polar surface area (TPSA) is 75.6 Å². The van der Waals surface area contributed by atoms with E-state index in [0.29, 0.717) is 15.7 Å². The van der Waals surface area contributed by atoms with Gasteiger partial charge in [0.15, 0.2) is 15.7 Å². The van der Waals surface area contributed by atoms with Gasteiger partial charge in [-0.3, -0.25) is 14.5 Å². The van der Waals surface area contributed by atoms with Crippen LogP contribution in [0.5, 0.6) is 0 Å². The second-order valence-electron chi connectivity index (χ2n) is 6.53. The second-order valence-corrected chi connectivity index (χ2v) is 8.72. The maximum Gasteiger partial charge on any atom is 0.246 e. The molecule has 0 atom stereocenters. The molecule has 3 heterocycles. The van der Waals surface area contributed by atoms with E-state index < -0.39 is 0 Å². The minimum absolute atomic E-state index is 0.0613. The number of thiophene rings is 1. The lowest BCUT2D eigenvalue weighted by atomic mass is 10.0. The zero-order chi connectivity index (χ0) is 20.5. The van der Waals surface area contributed by atoms with E-state index in [4.69, 9.17) is 12.2 Å². The Hall–Kier alpha value is -3.14. The Morgan fingerprint density at radius 1 is 1.10 bits per heavy atom. The average Bonchev–Trinajstić information content (AvgIpc) is 3.50. The minimum atomic E-state index is -0.205. The largest absolute Gasteiger partial charge is 0.300 e. The molecular weight excluding hydrogens is 434 g/mol. The second kappa shape index (κ2) is 7.94. The van der Waals surface area contributed by atoms with Gasteiger partial charge < -0.3 is 5.32 Å². The molecule has 1 amide bonds. The van der Waals surface area contributed by atoms with Crippen LogP contribution in [0.25, 0.3) is 32.7 Å². The predicted octanol–water partition coefficient (Wildman–Crippen LogP) is 5.58. The Bertz CT molecular complexity index is 1390. The standard InChI is InChI=1S/C21H15N5OS3/c27-18(11-26-19(24-25-21(26)28)17-9-4-10-29-17)23-20-22-16(12-30-20)15-8-3-6-13-5-1-2-7-14(13)15/h1-10,12H,11H2,(H,25,28)(H,22,23,27). The third-order valence-electron chi connectivity index (χ3n) is 4.62. The molecular formula is C21H15N5OS3. The summed E-state index contributed by atoms with van der Waals surface area (Å²) in [6.45, 7) is 0.0613. The van der Waals surface area contributed by atoms with E-state index in [1.165, 1.54) is 11.3 Å². The third-order valence-corrected chi connectivity index (χ3v) is 6.55. The van der Waals surface area contributed by atoms with E-state index in [9.17, 15) is 4.79 Å². The van der Waals surface area contributed by atoms with Crippen LogP contribution in [0.4, 0.5) is 5.13 Å². The molecule has 5 aromatic rings.